The third-order valence-corrected chi connectivity index (χ3v) is 5.67. The Morgan fingerprint density at radius 1 is 0.636 bits per heavy atom. The standard InChI is InChI=1S/C22H32/c1-3-19-11-15-21(16-12-19)9-7-5-6-8-10-22-17-13-20(4-2)14-18-22/h5-6,19-22H,3-4,11-18H2,1-2H3/b6-5+. The van der Waals surface area contributed by atoms with Crippen LogP contribution in [-0.2, 0) is 0 Å². The van der Waals surface area contributed by atoms with Crippen molar-refractivity contribution in [3.05, 3.63) is 12.2 Å². The maximum absolute atomic E-state index is 3.41. The summed E-state index contributed by atoms with van der Waals surface area (Å²) in [6.07, 6.45) is 17.3. The number of allylic oxidation sites excluding steroid dienone is 2. The molecule has 120 valence electrons. The topological polar surface area (TPSA) is 0 Å². The molecule has 0 aliphatic heterocycles. The van der Waals surface area contributed by atoms with Crippen LogP contribution in [0, 0.1) is 47.4 Å². The van der Waals surface area contributed by atoms with Gasteiger partial charge in [0.15, 0.2) is 0 Å². The van der Waals surface area contributed by atoms with Gasteiger partial charge in [-0.1, -0.05) is 50.4 Å². The Hall–Kier alpha value is -1.14. The zero-order valence-electron chi connectivity index (χ0n) is 14.5. The van der Waals surface area contributed by atoms with Gasteiger partial charge in [0.1, 0.15) is 0 Å². The molecular formula is C22H32. The molecule has 2 fully saturated rings. The fourth-order valence-corrected chi connectivity index (χ4v) is 3.85. The smallest absolute Gasteiger partial charge is 0.0206 e. The first kappa shape index (κ1) is 17.2. The van der Waals surface area contributed by atoms with Crippen molar-refractivity contribution in [2.24, 2.45) is 23.7 Å². The van der Waals surface area contributed by atoms with Crippen LogP contribution in [-0.4, -0.2) is 0 Å². The van der Waals surface area contributed by atoms with E-state index in [4.69, 9.17) is 0 Å². The maximum Gasteiger partial charge on any atom is 0.0206 e. The summed E-state index contributed by atoms with van der Waals surface area (Å²) in [5.74, 6) is 16.4. The lowest BCUT2D eigenvalue weighted by Crippen LogP contribution is -2.12. The van der Waals surface area contributed by atoms with E-state index in [1.54, 1.807) is 0 Å². The van der Waals surface area contributed by atoms with Gasteiger partial charge in [-0.15, -0.1) is 0 Å². The summed E-state index contributed by atoms with van der Waals surface area (Å²) in [4.78, 5) is 0. The van der Waals surface area contributed by atoms with Crippen LogP contribution in [0.5, 0.6) is 0 Å². The Balaban J connectivity index is 1.67. The fourth-order valence-electron chi connectivity index (χ4n) is 3.85. The molecule has 0 aromatic rings. The minimum Gasteiger partial charge on any atom is -0.0951 e. The van der Waals surface area contributed by atoms with Crippen molar-refractivity contribution in [3.63, 3.8) is 0 Å². The van der Waals surface area contributed by atoms with Crippen LogP contribution in [0.2, 0.25) is 0 Å². The summed E-state index contributed by atoms with van der Waals surface area (Å²) in [7, 11) is 0. The molecule has 0 amide bonds. The Morgan fingerprint density at radius 2 is 1.00 bits per heavy atom. The Kier molecular flexibility index (Phi) is 7.66. The number of rotatable bonds is 2. The van der Waals surface area contributed by atoms with Gasteiger partial charge in [0.25, 0.3) is 0 Å². The van der Waals surface area contributed by atoms with Gasteiger partial charge in [0.2, 0.25) is 0 Å². The van der Waals surface area contributed by atoms with Gasteiger partial charge in [-0.2, -0.15) is 0 Å². The van der Waals surface area contributed by atoms with Gasteiger partial charge in [-0.3, -0.25) is 0 Å². The molecule has 0 heteroatoms. The molecule has 2 rings (SSSR count). The monoisotopic (exact) mass is 296 g/mol. The minimum absolute atomic E-state index is 0.629. The van der Waals surface area contributed by atoms with E-state index in [0.717, 1.165) is 11.8 Å². The second kappa shape index (κ2) is 9.79. The van der Waals surface area contributed by atoms with E-state index in [1.165, 1.54) is 64.2 Å². The highest BCUT2D eigenvalue weighted by atomic mass is 14.2. The van der Waals surface area contributed by atoms with E-state index in [-0.39, 0.29) is 0 Å². The van der Waals surface area contributed by atoms with E-state index >= 15 is 0 Å². The summed E-state index contributed by atoms with van der Waals surface area (Å²) in [6.45, 7) is 4.62. The van der Waals surface area contributed by atoms with Gasteiger partial charge in [0.05, 0.1) is 0 Å². The summed E-state index contributed by atoms with van der Waals surface area (Å²) in [6, 6.07) is 0. The van der Waals surface area contributed by atoms with Crippen LogP contribution in [0.25, 0.3) is 0 Å². The lowest BCUT2D eigenvalue weighted by atomic mass is 9.81. The first-order valence-electron chi connectivity index (χ1n) is 9.48. The van der Waals surface area contributed by atoms with Crippen molar-refractivity contribution >= 4 is 0 Å². The van der Waals surface area contributed by atoms with E-state index in [2.05, 4.69) is 37.5 Å². The maximum atomic E-state index is 3.41. The Morgan fingerprint density at radius 3 is 1.32 bits per heavy atom. The SMILES string of the molecule is CCC1CCC(C#C/C=C/C#CC2CCC(CC)CC2)CC1. The van der Waals surface area contributed by atoms with Gasteiger partial charge in [-0.05, 0) is 75.4 Å². The molecule has 0 unspecified atom stereocenters. The van der Waals surface area contributed by atoms with Crippen LogP contribution in [0.15, 0.2) is 12.2 Å². The van der Waals surface area contributed by atoms with Crippen LogP contribution in [0.3, 0.4) is 0 Å². The molecule has 22 heavy (non-hydrogen) atoms. The molecule has 2 aliphatic carbocycles. The molecule has 0 radical (unpaired) electrons. The van der Waals surface area contributed by atoms with Crippen molar-refractivity contribution in [2.75, 3.05) is 0 Å². The fraction of sp³-hybridized carbons (Fsp3) is 0.727. The summed E-state index contributed by atoms with van der Waals surface area (Å²) < 4.78 is 0. The van der Waals surface area contributed by atoms with E-state index in [9.17, 15) is 0 Å². The second-order valence-electron chi connectivity index (χ2n) is 7.16. The highest BCUT2D eigenvalue weighted by molar-refractivity contribution is 5.26. The van der Waals surface area contributed by atoms with Gasteiger partial charge in [0, 0.05) is 11.8 Å². The van der Waals surface area contributed by atoms with Crippen LogP contribution >= 0.6 is 0 Å². The minimum atomic E-state index is 0.629. The summed E-state index contributed by atoms with van der Waals surface area (Å²) in [5.41, 5.74) is 0. The predicted molar refractivity (Wildman–Crippen MR) is 96.2 cm³/mol. The molecule has 2 aliphatic rings. The summed E-state index contributed by atoms with van der Waals surface area (Å²) >= 11 is 0. The molecule has 0 aromatic heterocycles. The quantitative estimate of drug-likeness (QED) is 0.550. The second-order valence-corrected chi connectivity index (χ2v) is 7.16. The van der Waals surface area contributed by atoms with Gasteiger partial charge < -0.3 is 0 Å². The first-order valence-corrected chi connectivity index (χ1v) is 9.48. The average Bonchev–Trinajstić information content (AvgIpc) is 2.59. The van der Waals surface area contributed by atoms with Crippen molar-refractivity contribution < 1.29 is 0 Å². The number of hydrogen-bond acceptors (Lipinski definition) is 0. The van der Waals surface area contributed by atoms with E-state index in [1.807, 2.05) is 12.2 Å². The highest BCUT2D eigenvalue weighted by Gasteiger charge is 2.18. The first-order chi connectivity index (χ1) is 10.8. The third kappa shape index (κ3) is 5.93. The van der Waals surface area contributed by atoms with Crippen molar-refractivity contribution in [3.8, 4) is 23.7 Å². The van der Waals surface area contributed by atoms with E-state index < -0.39 is 0 Å². The van der Waals surface area contributed by atoms with Crippen molar-refractivity contribution in [1.82, 2.24) is 0 Å². The number of hydrogen-bond donors (Lipinski definition) is 0. The molecule has 0 nitrogen and oxygen atoms in total. The van der Waals surface area contributed by atoms with Crippen molar-refractivity contribution in [2.45, 2.75) is 78.1 Å². The molecule has 0 bridgehead atoms. The predicted octanol–water partition coefficient (Wildman–Crippen LogP) is 5.98. The lowest BCUT2D eigenvalue weighted by Gasteiger charge is -2.24. The largest absolute Gasteiger partial charge is 0.0951 e. The van der Waals surface area contributed by atoms with Crippen LogP contribution < -0.4 is 0 Å². The molecular weight excluding hydrogens is 264 g/mol. The molecule has 0 spiro atoms. The zero-order valence-corrected chi connectivity index (χ0v) is 14.5. The molecule has 0 heterocycles. The molecule has 0 aromatic carbocycles. The van der Waals surface area contributed by atoms with Crippen LogP contribution in [0.4, 0.5) is 0 Å². The molecule has 0 saturated heterocycles. The molecule has 0 atom stereocenters. The van der Waals surface area contributed by atoms with E-state index in [0.29, 0.717) is 11.8 Å². The normalized spacial score (nSPS) is 31.9. The molecule has 2 saturated carbocycles. The Labute approximate surface area is 138 Å². The molecule has 0 N–H and O–H groups in total. The average molecular weight is 296 g/mol. The van der Waals surface area contributed by atoms with Gasteiger partial charge >= 0.3 is 0 Å². The lowest BCUT2D eigenvalue weighted by molar-refractivity contribution is 0.309. The van der Waals surface area contributed by atoms with Crippen LogP contribution in [0.1, 0.15) is 78.1 Å². The third-order valence-electron chi connectivity index (χ3n) is 5.67. The highest BCUT2D eigenvalue weighted by Crippen LogP contribution is 2.30. The Bertz CT molecular complexity index is 402. The van der Waals surface area contributed by atoms with Crippen molar-refractivity contribution in [1.29, 1.82) is 0 Å². The van der Waals surface area contributed by atoms with Gasteiger partial charge in [-0.25, -0.2) is 0 Å². The zero-order chi connectivity index (χ0) is 15.6. The summed E-state index contributed by atoms with van der Waals surface area (Å²) in [5, 5.41) is 0.